The lowest BCUT2D eigenvalue weighted by molar-refractivity contribution is 0.545. The quantitative estimate of drug-likeness (QED) is 0.281. The fourth-order valence-electron chi connectivity index (χ4n) is 4.07. The summed E-state index contributed by atoms with van der Waals surface area (Å²) in [6.45, 7) is 8.87. The highest BCUT2D eigenvalue weighted by Crippen LogP contribution is 2.29. The lowest BCUT2D eigenvalue weighted by atomic mass is 10.1. The van der Waals surface area contributed by atoms with Crippen LogP contribution in [0, 0.1) is 29.5 Å². The molecule has 2 unspecified atom stereocenters. The molecular formula is C28H31FN6. The second-order valence-corrected chi connectivity index (χ2v) is 9.83. The molecule has 1 saturated carbocycles. The number of rotatable bonds is 8. The Morgan fingerprint density at radius 3 is 2.57 bits per heavy atom. The Labute approximate surface area is 205 Å². The number of H-pyrrole nitrogens is 2. The van der Waals surface area contributed by atoms with E-state index in [1.165, 1.54) is 12.5 Å². The molecule has 0 amide bonds. The van der Waals surface area contributed by atoms with E-state index in [4.69, 9.17) is 0 Å². The monoisotopic (exact) mass is 470 g/mol. The minimum absolute atomic E-state index is 0.359. The Balaban J connectivity index is 1.25. The topological polar surface area (TPSA) is 81.4 Å². The predicted octanol–water partition coefficient (Wildman–Crippen LogP) is 4.74. The molecule has 6 nitrogen and oxygen atoms in total. The standard InChI is InChI=1S/C28H31FN6/c1-17(2)13-30-15-26-32-14-25(34-26)21-8-6-19(7-9-21)4-5-20-11-22(29)28-24(12-20)33-27(35-28)16-31-23-10-18(23)3/h6-9,11-12,14,17-18,23,30-31H,10,13,15-16H2,1-3H3,(H,32,34)(H,33,35). The van der Waals surface area contributed by atoms with Gasteiger partial charge in [0, 0.05) is 17.2 Å². The zero-order chi connectivity index (χ0) is 24.4. The van der Waals surface area contributed by atoms with E-state index < -0.39 is 0 Å². The molecular weight excluding hydrogens is 439 g/mol. The van der Waals surface area contributed by atoms with Crippen molar-refractivity contribution in [3.8, 4) is 23.1 Å². The van der Waals surface area contributed by atoms with E-state index in [0.29, 0.717) is 41.0 Å². The van der Waals surface area contributed by atoms with Gasteiger partial charge in [-0.3, -0.25) is 0 Å². The van der Waals surface area contributed by atoms with Gasteiger partial charge in [-0.1, -0.05) is 44.7 Å². The molecule has 1 aliphatic rings. The highest BCUT2D eigenvalue weighted by atomic mass is 19.1. The maximum Gasteiger partial charge on any atom is 0.152 e. The van der Waals surface area contributed by atoms with Gasteiger partial charge in [-0.15, -0.1) is 0 Å². The van der Waals surface area contributed by atoms with Crippen LogP contribution >= 0.6 is 0 Å². The van der Waals surface area contributed by atoms with E-state index in [0.717, 1.165) is 41.6 Å². The van der Waals surface area contributed by atoms with Crippen LogP contribution in [0.5, 0.6) is 0 Å². The SMILES string of the molecule is CC(C)CNCc1ncc(-c2ccc(C#Cc3cc(F)c4nc(CNC5CC5C)[nH]c4c3)cc2)[nH]1. The lowest BCUT2D eigenvalue weighted by Crippen LogP contribution is -2.19. The molecule has 2 aromatic carbocycles. The van der Waals surface area contributed by atoms with Gasteiger partial charge in [0.05, 0.1) is 30.5 Å². The fraction of sp³-hybridized carbons (Fsp3) is 0.357. The zero-order valence-electron chi connectivity index (χ0n) is 20.4. The van der Waals surface area contributed by atoms with Crippen molar-refractivity contribution in [1.82, 2.24) is 30.6 Å². The lowest BCUT2D eigenvalue weighted by Gasteiger charge is -2.05. The van der Waals surface area contributed by atoms with Crippen LogP contribution in [0.25, 0.3) is 22.3 Å². The Bertz CT molecular complexity index is 1370. The molecule has 2 aromatic heterocycles. The van der Waals surface area contributed by atoms with E-state index in [2.05, 4.69) is 63.2 Å². The molecule has 0 saturated heterocycles. The minimum atomic E-state index is -0.359. The number of nitrogens with one attached hydrogen (secondary N) is 4. The van der Waals surface area contributed by atoms with Gasteiger partial charge in [-0.25, -0.2) is 14.4 Å². The first kappa shape index (κ1) is 23.3. The number of hydrogen-bond acceptors (Lipinski definition) is 4. The van der Waals surface area contributed by atoms with Crippen molar-refractivity contribution in [2.45, 2.75) is 46.3 Å². The van der Waals surface area contributed by atoms with Crippen LogP contribution in [0.3, 0.4) is 0 Å². The molecule has 2 atom stereocenters. The van der Waals surface area contributed by atoms with Crippen LogP contribution in [0.4, 0.5) is 4.39 Å². The zero-order valence-corrected chi connectivity index (χ0v) is 20.4. The summed E-state index contributed by atoms with van der Waals surface area (Å²) in [5.41, 5.74) is 4.52. The molecule has 4 N–H and O–H groups in total. The van der Waals surface area contributed by atoms with Gasteiger partial charge in [0.1, 0.15) is 17.2 Å². The summed E-state index contributed by atoms with van der Waals surface area (Å²) >= 11 is 0. The number of benzene rings is 2. The molecule has 0 radical (unpaired) electrons. The third-order valence-corrected chi connectivity index (χ3v) is 6.25. The molecule has 1 aliphatic carbocycles. The maximum absolute atomic E-state index is 14.6. The second-order valence-electron chi connectivity index (χ2n) is 9.83. The first-order valence-corrected chi connectivity index (χ1v) is 12.2. The van der Waals surface area contributed by atoms with Crippen LogP contribution in [0.15, 0.2) is 42.6 Å². The van der Waals surface area contributed by atoms with Crippen molar-refractivity contribution in [2.24, 2.45) is 11.8 Å². The second kappa shape index (κ2) is 10.0. The molecule has 0 aliphatic heterocycles. The molecule has 1 fully saturated rings. The Kier molecular flexibility index (Phi) is 6.67. The summed E-state index contributed by atoms with van der Waals surface area (Å²) in [6.07, 6.45) is 3.04. The summed E-state index contributed by atoms with van der Waals surface area (Å²) in [5.74, 6) is 8.84. The number of imidazole rings is 2. The minimum Gasteiger partial charge on any atom is -0.341 e. The largest absolute Gasteiger partial charge is 0.341 e. The van der Waals surface area contributed by atoms with Gasteiger partial charge in [-0.2, -0.15) is 0 Å². The van der Waals surface area contributed by atoms with E-state index in [1.807, 2.05) is 36.5 Å². The van der Waals surface area contributed by atoms with E-state index in [9.17, 15) is 4.39 Å². The average Bonchev–Trinajstić information content (AvgIpc) is 3.20. The first-order chi connectivity index (χ1) is 16.9. The highest BCUT2D eigenvalue weighted by Gasteiger charge is 2.31. The molecule has 0 bridgehead atoms. The van der Waals surface area contributed by atoms with Crippen molar-refractivity contribution in [1.29, 1.82) is 0 Å². The van der Waals surface area contributed by atoms with Gasteiger partial charge in [-0.05, 0) is 54.6 Å². The molecule has 35 heavy (non-hydrogen) atoms. The van der Waals surface area contributed by atoms with Crippen molar-refractivity contribution >= 4 is 11.0 Å². The highest BCUT2D eigenvalue weighted by molar-refractivity contribution is 5.78. The molecule has 7 heteroatoms. The van der Waals surface area contributed by atoms with E-state index in [1.54, 1.807) is 0 Å². The summed E-state index contributed by atoms with van der Waals surface area (Å²) in [6, 6.07) is 11.8. The van der Waals surface area contributed by atoms with Gasteiger partial charge in [0.25, 0.3) is 0 Å². The Morgan fingerprint density at radius 1 is 1.06 bits per heavy atom. The van der Waals surface area contributed by atoms with E-state index >= 15 is 0 Å². The number of aromatic amines is 2. The normalized spacial score (nSPS) is 17.1. The molecule has 0 spiro atoms. The first-order valence-electron chi connectivity index (χ1n) is 12.2. The van der Waals surface area contributed by atoms with Crippen molar-refractivity contribution in [3.05, 3.63) is 71.2 Å². The summed E-state index contributed by atoms with van der Waals surface area (Å²) in [7, 11) is 0. The van der Waals surface area contributed by atoms with Crippen LogP contribution in [-0.4, -0.2) is 32.5 Å². The maximum atomic E-state index is 14.6. The Morgan fingerprint density at radius 2 is 1.83 bits per heavy atom. The number of aromatic nitrogens is 4. The van der Waals surface area contributed by atoms with Crippen molar-refractivity contribution in [2.75, 3.05) is 6.54 Å². The molecule has 180 valence electrons. The van der Waals surface area contributed by atoms with Gasteiger partial charge in [0.2, 0.25) is 0 Å². The third kappa shape index (κ3) is 5.79. The summed E-state index contributed by atoms with van der Waals surface area (Å²) < 4.78 is 14.6. The van der Waals surface area contributed by atoms with Gasteiger partial charge in [0.15, 0.2) is 5.82 Å². The van der Waals surface area contributed by atoms with Crippen LogP contribution in [-0.2, 0) is 13.1 Å². The average molecular weight is 471 g/mol. The summed E-state index contributed by atoms with van der Waals surface area (Å²) in [5, 5.41) is 6.83. The van der Waals surface area contributed by atoms with Gasteiger partial charge >= 0.3 is 0 Å². The molecule has 5 rings (SSSR count). The number of hydrogen-bond donors (Lipinski definition) is 4. The van der Waals surface area contributed by atoms with Crippen LogP contribution < -0.4 is 10.6 Å². The number of fused-ring (bicyclic) bond motifs is 1. The van der Waals surface area contributed by atoms with Gasteiger partial charge < -0.3 is 20.6 Å². The van der Waals surface area contributed by atoms with Crippen molar-refractivity contribution in [3.63, 3.8) is 0 Å². The molecule has 2 heterocycles. The summed E-state index contributed by atoms with van der Waals surface area (Å²) in [4.78, 5) is 15.4. The van der Waals surface area contributed by atoms with Crippen LogP contribution in [0.1, 0.15) is 50.0 Å². The van der Waals surface area contributed by atoms with E-state index in [-0.39, 0.29) is 5.82 Å². The number of halogens is 1. The van der Waals surface area contributed by atoms with Crippen molar-refractivity contribution < 1.29 is 4.39 Å². The molecule has 4 aromatic rings. The third-order valence-electron chi connectivity index (χ3n) is 6.25. The predicted molar refractivity (Wildman–Crippen MR) is 137 cm³/mol. The smallest absolute Gasteiger partial charge is 0.152 e. The fourth-order valence-corrected chi connectivity index (χ4v) is 4.07. The van der Waals surface area contributed by atoms with Crippen LogP contribution in [0.2, 0.25) is 0 Å². The number of nitrogens with zero attached hydrogens (tertiary/aromatic N) is 2. The Hall–Kier alpha value is -3.47.